The highest BCUT2D eigenvalue weighted by Crippen LogP contribution is 2.21. The first-order valence-electron chi connectivity index (χ1n) is 11.2. The van der Waals surface area contributed by atoms with Crippen LogP contribution in [0.15, 0.2) is 64.2 Å². The Bertz CT molecular complexity index is 1540. The summed E-state index contributed by atoms with van der Waals surface area (Å²) in [6, 6.07) is 14.1. The van der Waals surface area contributed by atoms with Crippen LogP contribution in [0, 0.1) is 12.7 Å². The second kappa shape index (κ2) is 9.84. The van der Waals surface area contributed by atoms with Gasteiger partial charge in [0.2, 0.25) is 0 Å². The summed E-state index contributed by atoms with van der Waals surface area (Å²) in [5.41, 5.74) is 0.335. The summed E-state index contributed by atoms with van der Waals surface area (Å²) in [5, 5.41) is 0.123. The largest absolute Gasteiger partial charge is 0.339 e. The van der Waals surface area contributed by atoms with Gasteiger partial charge in [-0.25, -0.2) is 18.7 Å². The second-order valence-electron chi connectivity index (χ2n) is 8.07. The molecule has 1 amide bonds. The molecule has 0 saturated heterocycles. The molecule has 2 aromatic carbocycles. The van der Waals surface area contributed by atoms with Gasteiger partial charge in [-0.3, -0.25) is 14.2 Å². The van der Waals surface area contributed by atoms with Gasteiger partial charge >= 0.3 is 5.69 Å². The Hall–Kier alpha value is -3.78. The van der Waals surface area contributed by atoms with E-state index in [0.717, 1.165) is 10.6 Å². The van der Waals surface area contributed by atoms with Gasteiger partial charge in [0.05, 0.1) is 23.2 Å². The van der Waals surface area contributed by atoms with Crippen LogP contribution in [0.3, 0.4) is 0 Å². The fourth-order valence-electron chi connectivity index (χ4n) is 4.08. The Morgan fingerprint density at radius 2 is 1.74 bits per heavy atom. The van der Waals surface area contributed by atoms with Gasteiger partial charge in [0.1, 0.15) is 5.82 Å². The zero-order valence-electron chi connectivity index (χ0n) is 19.6. The van der Waals surface area contributed by atoms with Crippen molar-refractivity contribution < 1.29 is 9.18 Å². The fraction of sp³-hybridized carbons (Fsp3) is 0.231. The summed E-state index contributed by atoms with van der Waals surface area (Å²) in [5.74, 6) is -0.856. The number of nitrogens with zero attached hydrogens (tertiary/aromatic N) is 4. The molecule has 0 saturated carbocycles. The number of aromatic nitrogens is 3. The van der Waals surface area contributed by atoms with E-state index in [9.17, 15) is 18.8 Å². The van der Waals surface area contributed by atoms with E-state index in [0.29, 0.717) is 30.0 Å². The summed E-state index contributed by atoms with van der Waals surface area (Å²) in [7, 11) is 0. The van der Waals surface area contributed by atoms with Gasteiger partial charge in [-0.05, 0) is 56.7 Å². The molecule has 9 heteroatoms. The van der Waals surface area contributed by atoms with Crippen molar-refractivity contribution in [2.45, 2.75) is 27.3 Å². The van der Waals surface area contributed by atoms with E-state index in [1.165, 1.54) is 16.7 Å². The molecule has 2 heterocycles. The van der Waals surface area contributed by atoms with E-state index in [1.54, 1.807) is 48.2 Å². The molecule has 35 heavy (non-hydrogen) atoms. The normalized spacial score (nSPS) is 11.1. The van der Waals surface area contributed by atoms with Crippen molar-refractivity contribution in [2.24, 2.45) is 0 Å². The van der Waals surface area contributed by atoms with Crippen LogP contribution < -0.4 is 11.2 Å². The standard InChI is InChI=1S/C26H24ClFN4O3/c1-4-30(5-2)24(33)20-13-16(3)29-23-22(20)25(34)31(15-17-11-12-18(28)14-21(17)27)26(35)32(23)19-9-7-6-8-10-19/h6-14H,4-5,15H2,1-3H3. The van der Waals surface area contributed by atoms with Crippen LogP contribution >= 0.6 is 11.6 Å². The minimum Gasteiger partial charge on any atom is -0.339 e. The van der Waals surface area contributed by atoms with Crippen molar-refractivity contribution in [1.29, 1.82) is 0 Å². The minimum atomic E-state index is -0.666. The maximum Gasteiger partial charge on any atom is 0.337 e. The Balaban J connectivity index is 2.12. The molecule has 0 radical (unpaired) electrons. The van der Waals surface area contributed by atoms with Crippen LogP contribution in [0.2, 0.25) is 5.02 Å². The Kier molecular flexibility index (Phi) is 6.84. The predicted octanol–water partition coefficient (Wildman–Crippen LogP) is 4.18. The molecule has 4 aromatic rings. The average molecular weight is 495 g/mol. The van der Waals surface area contributed by atoms with Crippen molar-refractivity contribution in [2.75, 3.05) is 13.1 Å². The number of halogens is 2. The molecule has 2 aromatic heterocycles. The summed E-state index contributed by atoms with van der Waals surface area (Å²) < 4.78 is 15.9. The van der Waals surface area contributed by atoms with Crippen molar-refractivity contribution in [3.8, 4) is 5.69 Å². The zero-order valence-corrected chi connectivity index (χ0v) is 20.3. The highest BCUT2D eigenvalue weighted by molar-refractivity contribution is 6.31. The van der Waals surface area contributed by atoms with Crippen molar-refractivity contribution in [3.63, 3.8) is 0 Å². The molecule has 0 fully saturated rings. The van der Waals surface area contributed by atoms with Gasteiger partial charge < -0.3 is 4.90 Å². The summed E-state index contributed by atoms with van der Waals surface area (Å²) >= 11 is 6.20. The third-order valence-corrected chi connectivity index (χ3v) is 6.21. The maximum atomic E-state index is 13.8. The molecule has 0 atom stereocenters. The SMILES string of the molecule is CCN(CC)C(=O)c1cc(C)nc2c1c(=O)n(Cc1ccc(F)cc1Cl)c(=O)n2-c1ccccc1. The van der Waals surface area contributed by atoms with Crippen LogP contribution in [0.4, 0.5) is 4.39 Å². The molecule has 7 nitrogen and oxygen atoms in total. The van der Waals surface area contributed by atoms with Crippen LogP contribution in [-0.2, 0) is 6.54 Å². The smallest absolute Gasteiger partial charge is 0.337 e. The molecule has 0 spiro atoms. The molecule has 0 aliphatic carbocycles. The first kappa shape index (κ1) is 24.3. The number of aryl methyl sites for hydroxylation is 1. The number of hydrogen-bond donors (Lipinski definition) is 0. The lowest BCUT2D eigenvalue weighted by molar-refractivity contribution is 0.0774. The Morgan fingerprint density at radius 3 is 2.37 bits per heavy atom. The quantitative estimate of drug-likeness (QED) is 0.403. The van der Waals surface area contributed by atoms with E-state index in [-0.39, 0.29) is 34.1 Å². The molecule has 0 N–H and O–H groups in total. The predicted molar refractivity (Wildman–Crippen MR) is 134 cm³/mol. The minimum absolute atomic E-state index is 0.0363. The lowest BCUT2D eigenvalue weighted by Crippen LogP contribution is -2.41. The van der Waals surface area contributed by atoms with Crippen molar-refractivity contribution in [3.05, 3.63) is 103 Å². The molecule has 0 aliphatic rings. The van der Waals surface area contributed by atoms with Gasteiger partial charge in [0.15, 0.2) is 5.65 Å². The molecule has 180 valence electrons. The van der Waals surface area contributed by atoms with Crippen LogP contribution in [0.1, 0.15) is 35.5 Å². The van der Waals surface area contributed by atoms with E-state index >= 15 is 0 Å². The third-order valence-electron chi connectivity index (χ3n) is 5.86. The summed E-state index contributed by atoms with van der Waals surface area (Å²) in [6.07, 6.45) is 0. The molecule has 0 bridgehead atoms. The van der Waals surface area contributed by atoms with Crippen molar-refractivity contribution in [1.82, 2.24) is 19.0 Å². The Labute approximate surface area is 206 Å². The third kappa shape index (κ3) is 4.49. The average Bonchev–Trinajstić information content (AvgIpc) is 2.83. The number of fused-ring (bicyclic) bond motifs is 1. The number of carbonyl (C=O) groups is 1. The van der Waals surface area contributed by atoms with Gasteiger partial charge in [-0.2, -0.15) is 0 Å². The first-order valence-corrected chi connectivity index (χ1v) is 11.6. The lowest BCUT2D eigenvalue weighted by atomic mass is 10.1. The molecule has 4 rings (SSSR count). The summed E-state index contributed by atoms with van der Waals surface area (Å²) in [4.78, 5) is 47.0. The number of benzene rings is 2. The van der Waals surface area contributed by atoms with E-state index < -0.39 is 17.1 Å². The van der Waals surface area contributed by atoms with E-state index in [2.05, 4.69) is 4.98 Å². The molecule has 0 unspecified atom stereocenters. The van der Waals surface area contributed by atoms with Crippen LogP contribution in [-0.4, -0.2) is 38.0 Å². The number of carbonyl (C=O) groups excluding carboxylic acids is 1. The topological polar surface area (TPSA) is 77.2 Å². The van der Waals surface area contributed by atoms with E-state index in [1.807, 2.05) is 13.8 Å². The first-order chi connectivity index (χ1) is 16.8. The van der Waals surface area contributed by atoms with Gasteiger partial charge in [-0.1, -0.05) is 35.9 Å². The van der Waals surface area contributed by atoms with Gasteiger partial charge in [-0.15, -0.1) is 0 Å². The van der Waals surface area contributed by atoms with Gasteiger partial charge in [0.25, 0.3) is 11.5 Å². The van der Waals surface area contributed by atoms with Crippen LogP contribution in [0.5, 0.6) is 0 Å². The molecule has 0 aliphatic heterocycles. The monoisotopic (exact) mass is 494 g/mol. The zero-order chi connectivity index (χ0) is 25.3. The summed E-state index contributed by atoms with van der Waals surface area (Å²) in [6.45, 7) is 6.12. The van der Waals surface area contributed by atoms with E-state index in [4.69, 9.17) is 11.6 Å². The fourth-order valence-corrected chi connectivity index (χ4v) is 4.31. The highest BCUT2D eigenvalue weighted by atomic mass is 35.5. The number of hydrogen-bond acceptors (Lipinski definition) is 4. The number of para-hydroxylation sites is 1. The number of pyridine rings is 1. The number of amides is 1. The second-order valence-corrected chi connectivity index (χ2v) is 8.48. The number of rotatable bonds is 6. The highest BCUT2D eigenvalue weighted by Gasteiger charge is 2.24. The molecular formula is C26H24ClFN4O3. The maximum absolute atomic E-state index is 13.8. The van der Waals surface area contributed by atoms with Gasteiger partial charge in [0, 0.05) is 23.8 Å². The van der Waals surface area contributed by atoms with Crippen LogP contribution in [0.25, 0.3) is 16.7 Å². The Morgan fingerprint density at radius 1 is 1.06 bits per heavy atom. The molecular weight excluding hydrogens is 471 g/mol. The van der Waals surface area contributed by atoms with Crippen molar-refractivity contribution >= 4 is 28.5 Å². The lowest BCUT2D eigenvalue weighted by Gasteiger charge is -2.21.